The molecule has 0 amide bonds. The van der Waals surface area contributed by atoms with Crippen molar-refractivity contribution in [3.63, 3.8) is 0 Å². The zero-order chi connectivity index (χ0) is 20.7. The number of methoxy groups -OCH3 is 2. The summed E-state index contributed by atoms with van der Waals surface area (Å²) in [7, 11) is 3.31. The van der Waals surface area contributed by atoms with Gasteiger partial charge in [-0.15, -0.1) is 0 Å². The van der Waals surface area contributed by atoms with Gasteiger partial charge in [0.1, 0.15) is 17.2 Å². The van der Waals surface area contributed by atoms with E-state index in [1.807, 2.05) is 65.7 Å². The predicted molar refractivity (Wildman–Crippen MR) is 117 cm³/mol. The lowest BCUT2D eigenvalue weighted by atomic mass is 9.96. The van der Waals surface area contributed by atoms with Crippen molar-refractivity contribution >= 4 is 17.3 Å². The van der Waals surface area contributed by atoms with Crippen LogP contribution in [0.1, 0.15) is 35.4 Å². The van der Waals surface area contributed by atoms with Gasteiger partial charge in [-0.2, -0.15) is 5.10 Å². The summed E-state index contributed by atoms with van der Waals surface area (Å²) in [6.45, 7) is 0. The summed E-state index contributed by atoms with van der Waals surface area (Å²) < 4.78 is 17.5. The molecule has 2 atom stereocenters. The SMILES string of the molecule is COc1ccc(OC)c([C@@H]2Oc3ccccc3[C@@H]3CC(c4cccc(Cl)c4)=NN32)c1. The molecule has 152 valence electrons. The van der Waals surface area contributed by atoms with Gasteiger partial charge in [0, 0.05) is 17.0 Å². The van der Waals surface area contributed by atoms with Crippen LogP contribution in [0.5, 0.6) is 17.2 Å². The van der Waals surface area contributed by atoms with Crippen molar-refractivity contribution in [2.24, 2.45) is 5.10 Å². The van der Waals surface area contributed by atoms with E-state index in [-0.39, 0.29) is 6.04 Å². The maximum absolute atomic E-state index is 6.44. The second-order valence-electron chi connectivity index (χ2n) is 7.27. The fourth-order valence-electron chi connectivity index (χ4n) is 4.11. The van der Waals surface area contributed by atoms with Crippen LogP contribution in [0.25, 0.3) is 0 Å². The molecule has 6 heteroatoms. The van der Waals surface area contributed by atoms with Gasteiger partial charge in [0.25, 0.3) is 0 Å². The van der Waals surface area contributed by atoms with E-state index in [9.17, 15) is 0 Å². The zero-order valence-electron chi connectivity index (χ0n) is 16.7. The first-order chi connectivity index (χ1) is 14.7. The van der Waals surface area contributed by atoms with E-state index < -0.39 is 6.23 Å². The molecular weight excluding hydrogens is 400 g/mol. The highest BCUT2D eigenvalue weighted by Gasteiger charge is 2.42. The molecule has 0 bridgehead atoms. The standard InChI is InChI=1S/C24H21ClN2O3/c1-28-17-10-11-22(29-2)19(13-17)24-27-21(18-8-3-4-9-23(18)30-24)14-20(26-27)15-6-5-7-16(25)12-15/h3-13,21,24H,14H2,1-2H3/t21-,24-/m0/s1. The Morgan fingerprint density at radius 2 is 1.83 bits per heavy atom. The van der Waals surface area contributed by atoms with Crippen LogP contribution in [0.4, 0.5) is 0 Å². The van der Waals surface area contributed by atoms with Gasteiger partial charge < -0.3 is 14.2 Å². The number of hydrazone groups is 1. The topological polar surface area (TPSA) is 43.3 Å². The highest BCUT2D eigenvalue weighted by atomic mass is 35.5. The Morgan fingerprint density at radius 3 is 2.63 bits per heavy atom. The summed E-state index contributed by atoms with van der Waals surface area (Å²) in [4.78, 5) is 0. The number of hydrogen-bond acceptors (Lipinski definition) is 5. The normalized spacial score (nSPS) is 19.4. The Hall–Kier alpha value is -3.18. The molecule has 3 aromatic rings. The highest BCUT2D eigenvalue weighted by molar-refractivity contribution is 6.31. The molecule has 0 spiro atoms. The van der Waals surface area contributed by atoms with E-state index in [1.165, 1.54) is 0 Å². The molecule has 2 heterocycles. The number of nitrogens with zero attached hydrogens (tertiary/aromatic N) is 2. The summed E-state index contributed by atoms with van der Waals surface area (Å²) in [5.41, 5.74) is 3.99. The third-order valence-electron chi connectivity index (χ3n) is 5.56. The molecule has 0 aromatic heterocycles. The first-order valence-corrected chi connectivity index (χ1v) is 10.1. The quantitative estimate of drug-likeness (QED) is 0.551. The molecular formula is C24H21ClN2O3. The zero-order valence-corrected chi connectivity index (χ0v) is 17.5. The molecule has 5 rings (SSSR count). The van der Waals surface area contributed by atoms with Gasteiger partial charge in [-0.3, -0.25) is 0 Å². The van der Waals surface area contributed by atoms with Crippen LogP contribution in [-0.2, 0) is 0 Å². The van der Waals surface area contributed by atoms with Gasteiger partial charge in [0.2, 0.25) is 6.23 Å². The van der Waals surface area contributed by atoms with Gasteiger partial charge in [-0.1, -0.05) is 41.9 Å². The lowest BCUT2D eigenvalue weighted by Crippen LogP contribution is -2.33. The van der Waals surface area contributed by atoms with E-state index in [4.69, 9.17) is 30.9 Å². The monoisotopic (exact) mass is 420 g/mol. The van der Waals surface area contributed by atoms with Gasteiger partial charge in [0.05, 0.1) is 31.5 Å². The number of hydrogen-bond donors (Lipinski definition) is 0. The number of fused-ring (bicyclic) bond motifs is 3. The van der Waals surface area contributed by atoms with Crippen LogP contribution >= 0.6 is 11.6 Å². The van der Waals surface area contributed by atoms with Crippen molar-refractivity contribution in [1.29, 1.82) is 0 Å². The molecule has 2 aliphatic rings. The Bertz CT molecular complexity index is 1130. The van der Waals surface area contributed by atoms with Gasteiger partial charge in [-0.25, -0.2) is 5.01 Å². The third kappa shape index (κ3) is 3.15. The molecule has 5 nitrogen and oxygen atoms in total. The van der Waals surface area contributed by atoms with E-state index in [2.05, 4.69) is 6.07 Å². The minimum Gasteiger partial charge on any atom is -0.497 e. The fourth-order valence-corrected chi connectivity index (χ4v) is 4.30. The van der Waals surface area contributed by atoms with E-state index in [1.54, 1.807) is 14.2 Å². The minimum absolute atomic E-state index is 0.0600. The highest BCUT2D eigenvalue weighted by Crippen LogP contribution is 2.49. The van der Waals surface area contributed by atoms with Crippen LogP contribution in [0.2, 0.25) is 5.02 Å². The second-order valence-corrected chi connectivity index (χ2v) is 7.71. The van der Waals surface area contributed by atoms with Crippen molar-refractivity contribution in [3.8, 4) is 17.2 Å². The Balaban J connectivity index is 1.63. The van der Waals surface area contributed by atoms with Crippen molar-refractivity contribution in [3.05, 3.63) is 88.4 Å². The Labute approximate surface area is 180 Å². The third-order valence-corrected chi connectivity index (χ3v) is 5.79. The predicted octanol–water partition coefficient (Wildman–Crippen LogP) is 5.60. The lowest BCUT2D eigenvalue weighted by molar-refractivity contribution is -0.0204. The molecule has 0 fully saturated rings. The number of benzene rings is 3. The molecule has 30 heavy (non-hydrogen) atoms. The van der Waals surface area contributed by atoms with Gasteiger partial charge in [0.15, 0.2) is 0 Å². The van der Waals surface area contributed by atoms with Crippen molar-refractivity contribution < 1.29 is 14.2 Å². The summed E-state index contributed by atoms with van der Waals surface area (Å²) in [6, 6.07) is 21.7. The summed E-state index contributed by atoms with van der Waals surface area (Å²) >= 11 is 6.23. The van der Waals surface area contributed by atoms with Crippen LogP contribution in [0, 0.1) is 0 Å². The molecule has 2 aliphatic heterocycles. The Kier molecular flexibility index (Phi) is 4.75. The van der Waals surface area contributed by atoms with Gasteiger partial charge >= 0.3 is 0 Å². The van der Waals surface area contributed by atoms with E-state index in [0.717, 1.165) is 46.1 Å². The van der Waals surface area contributed by atoms with Crippen molar-refractivity contribution in [2.45, 2.75) is 18.7 Å². The summed E-state index contributed by atoms with van der Waals surface area (Å²) in [5, 5.41) is 7.70. The molecule has 0 N–H and O–H groups in total. The fraction of sp³-hybridized carbons (Fsp3) is 0.208. The maximum Gasteiger partial charge on any atom is 0.217 e. The number of rotatable bonds is 4. The van der Waals surface area contributed by atoms with Crippen LogP contribution in [0.3, 0.4) is 0 Å². The lowest BCUT2D eigenvalue weighted by Gasteiger charge is -2.38. The average molecular weight is 421 g/mol. The molecule has 0 saturated carbocycles. The molecule has 0 saturated heterocycles. The maximum atomic E-state index is 6.44. The first-order valence-electron chi connectivity index (χ1n) is 9.77. The Morgan fingerprint density at radius 1 is 0.967 bits per heavy atom. The number of para-hydroxylation sites is 1. The van der Waals surface area contributed by atoms with E-state index >= 15 is 0 Å². The number of halogens is 1. The van der Waals surface area contributed by atoms with Crippen LogP contribution in [0.15, 0.2) is 71.8 Å². The van der Waals surface area contributed by atoms with Crippen molar-refractivity contribution in [2.75, 3.05) is 14.2 Å². The summed E-state index contributed by atoms with van der Waals surface area (Å²) in [5.74, 6) is 2.32. The van der Waals surface area contributed by atoms with Gasteiger partial charge in [-0.05, 0) is 42.0 Å². The van der Waals surface area contributed by atoms with E-state index in [0.29, 0.717) is 5.02 Å². The molecule has 0 aliphatic carbocycles. The summed E-state index contributed by atoms with van der Waals surface area (Å²) in [6.07, 6.45) is 0.329. The average Bonchev–Trinajstić information content (AvgIpc) is 3.24. The smallest absolute Gasteiger partial charge is 0.217 e. The number of ether oxygens (including phenoxy) is 3. The largest absolute Gasteiger partial charge is 0.497 e. The first kappa shape index (κ1) is 18.8. The van der Waals surface area contributed by atoms with Crippen LogP contribution < -0.4 is 14.2 Å². The second kappa shape index (κ2) is 7.58. The molecule has 0 radical (unpaired) electrons. The van der Waals surface area contributed by atoms with Crippen LogP contribution in [-0.4, -0.2) is 24.9 Å². The van der Waals surface area contributed by atoms with Crippen molar-refractivity contribution in [1.82, 2.24) is 5.01 Å². The molecule has 0 unspecified atom stereocenters. The minimum atomic E-state index is -0.438. The molecule has 3 aromatic carbocycles.